The van der Waals surface area contributed by atoms with Crippen LogP contribution in [0.25, 0.3) is 0 Å². The number of benzene rings is 2. The Morgan fingerprint density at radius 1 is 1.13 bits per heavy atom. The molecule has 6 nitrogen and oxygen atoms in total. The highest BCUT2D eigenvalue weighted by molar-refractivity contribution is 9.10. The van der Waals surface area contributed by atoms with E-state index in [4.69, 9.17) is 4.74 Å². The van der Waals surface area contributed by atoms with E-state index < -0.39 is 0 Å². The third-order valence-electron chi connectivity index (χ3n) is 4.95. The van der Waals surface area contributed by atoms with Crippen LogP contribution in [0.3, 0.4) is 0 Å². The van der Waals surface area contributed by atoms with Crippen LogP contribution in [0.15, 0.2) is 40.0 Å². The van der Waals surface area contributed by atoms with Crippen LogP contribution < -0.4 is 10.1 Å². The zero-order valence-electron chi connectivity index (χ0n) is 17.7. The first kappa shape index (κ1) is 22.4. The van der Waals surface area contributed by atoms with Crippen LogP contribution in [-0.4, -0.2) is 26.4 Å². The molecular weight excluding hydrogens is 464 g/mol. The number of hydrogen-bond acceptors (Lipinski definition) is 5. The first-order valence-electron chi connectivity index (χ1n) is 9.53. The number of anilines is 1. The van der Waals surface area contributed by atoms with Crippen molar-refractivity contribution in [2.75, 3.05) is 11.1 Å². The van der Waals surface area contributed by atoms with Crippen molar-refractivity contribution in [2.24, 2.45) is 7.05 Å². The van der Waals surface area contributed by atoms with E-state index in [1.54, 1.807) is 0 Å². The molecule has 30 heavy (non-hydrogen) atoms. The van der Waals surface area contributed by atoms with Crippen LogP contribution in [0.1, 0.15) is 28.1 Å². The van der Waals surface area contributed by atoms with E-state index in [0.29, 0.717) is 17.6 Å². The minimum absolute atomic E-state index is 0.0824. The molecule has 0 fully saturated rings. The number of thioether (sulfide) groups is 1. The molecule has 0 atom stereocenters. The van der Waals surface area contributed by atoms with E-state index in [1.165, 1.54) is 11.8 Å². The Hall–Kier alpha value is -2.32. The molecule has 0 unspecified atom stereocenters. The molecule has 2 aromatic carbocycles. The zero-order valence-corrected chi connectivity index (χ0v) is 20.1. The molecule has 0 aliphatic rings. The second-order valence-corrected chi connectivity index (χ2v) is 8.99. The Labute approximate surface area is 189 Å². The largest absolute Gasteiger partial charge is 0.485 e. The first-order chi connectivity index (χ1) is 14.3. The molecule has 3 rings (SSSR count). The number of hydrogen-bond donors (Lipinski definition) is 1. The molecular formula is C22H25BrN4O2S. The van der Waals surface area contributed by atoms with Gasteiger partial charge in [-0.05, 0) is 68.1 Å². The summed E-state index contributed by atoms with van der Waals surface area (Å²) in [5.41, 5.74) is 5.20. The van der Waals surface area contributed by atoms with Crippen LogP contribution in [0.2, 0.25) is 0 Å². The number of aryl methyl sites for hydroxylation is 2. The van der Waals surface area contributed by atoms with Crippen molar-refractivity contribution in [3.8, 4) is 5.75 Å². The van der Waals surface area contributed by atoms with Gasteiger partial charge in [0.2, 0.25) is 5.91 Å². The highest BCUT2D eigenvalue weighted by Crippen LogP contribution is 2.26. The van der Waals surface area contributed by atoms with Gasteiger partial charge in [0.25, 0.3) is 0 Å². The lowest BCUT2D eigenvalue weighted by atomic mass is 10.1. The number of rotatable bonds is 7. The van der Waals surface area contributed by atoms with Gasteiger partial charge in [-0.25, -0.2) is 0 Å². The number of amides is 1. The number of nitrogens with one attached hydrogen (secondary N) is 1. The quantitative estimate of drug-likeness (QED) is 0.467. The van der Waals surface area contributed by atoms with E-state index in [0.717, 1.165) is 38.2 Å². The summed E-state index contributed by atoms with van der Waals surface area (Å²) >= 11 is 4.86. The van der Waals surface area contributed by atoms with Crippen molar-refractivity contribution in [1.82, 2.24) is 14.8 Å². The third kappa shape index (κ3) is 5.23. The van der Waals surface area contributed by atoms with Gasteiger partial charge in [-0.15, -0.1) is 10.2 Å². The molecule has 0 spiro atoms. The van der Waals surface area contributed by atoms with Crippen molar-refractivity contribution in [3.63, 3.8) is 0 Å². The Bertz CT molecular complexity index is 1080. The van der Waals surface area contributed by atoms with Gasteiger partial charge in [0, 0.05) is 17.2 Å². The summed E-state index contributed by atoms with van der Waals surface area (Å²) in [6, 6.07) is 9.95. The van der Waals surface area contributed by atoms with Gasteiger partial charge in [0.05, 0.1) is 5.75 Å². The molecule has 1 N–H and O–H groups in total. The van der Waals surface area contributed by atoms with Gasteiger partial charge < -0.3 is 14.6 Å². The van der Waals surface area contributed by atoms with E-state index in [2.05, 4.69) is 37.5 Å². The lowest BCUT2D eigenvalue weighted by Gasteiger charge is -2.12. The summed E-state index contributed by atoms with van der Waals surface area (Å²) in [6.45, 7) is 8.38. The maximum absolute atomic E-state index is 12.4. The zero-order chi connectivity index (χ0) is 21.8. The van der Waals surface area contributed by atoms with Crippen LogP contribution in [0, 0.1) is 27.7 Å². The number of carbonyl (C=O) groups excluding carboxylic acids is 1. The molecule has 3 aromatic rings. The number of aromatic nitrogens is 3. The van der Waals surface area contributed by atoms with Crippen molar-refractivity contribution in [2.45, 2.75) is 39.5 Å². The van der Waals surface area contributed by atoms with Gasteiger partial charge in [-0.3, -0.25) is 4.79 Å². The van der Waals surface area contributed by atoms with Gasteiger partial charge in [-0.2, -0.15) is 0 Å². The normalized spacial score (nSPS) is 10.9. The molecule has 1 amide bonds. The molecule has 1 aromatic heterocycles. The van der Waals surface area contributed by atoms with E-state index in [9.17, 15) is 4.79 Å². The maximum Gasteiger partial charge on any atom is 0.234 e. The second-order valence-electron chi connectivity index (χ2n) is 7.20. The first-order valence-corrected chi connectivity index (χ1v) is 11.3. The summed E-state index contributed by atoms with van der Waals surface area (Å²) in [6.07, 6.45) is 0. The Kier molecular flexibility index (Phi) is 7.20. The van der Waals surface area contributed by atoms with E-state index in [1.807, 2.05) is 63.6 Å². The fourth-order valence-corrected chi connectivity index (χ4v) is 4.00. The minimum Gasteiger partial charge on any atom is -0.485 e. The van der Waals surface area contributed by atoms with Gasteiger partial charge in [0.1, 0.15) is 12.4 Å². The van der Waals surface area contributed by atoms with Crippen LogP contribution in [0.5, 0.6) is 5.75 Å². The number of nitrogens with zero attached hydrogens (tertiary/aromatic N) is 3. The fraction of sp³-hybridized carbons (Fsp3) is 0.318. The summed E-state index contributed by atoms with van der Waals surface area (Å²) in [5, 5.41) is 12.1. The molecule has 1 heterocycles. The molecule has 8 heteroatoms. The smallest absolute Gasteiger partial charge is 0.234 e. The summed E-state index contributed by atoms with van der Waals surface area (Å²) in [7, 11) is 1.88. The molecule has 158 valence electrons. The maximum atomic E-state index is 12.4. The Balaban J connectivity index is 1.58. The summed E-state index contributed by atoms with van der Waals surface area (Å²) in [5.74, 6) is 1.71. The SMILES string of the molecule is Cc1ccc(C)c(OCc2nnc(SCC(=O)Nc3ccc(Br)c(C)c3C)n2C)c1. The molecule has 0 aliphatic carbocycles. The fourth-order valence-electron chi connectivity index (χ4n) is 2.84. The molecule has 0 saturated carbocycles. The molecule has 0 radical (unpaired) electrons. The van der Waals surface area contributed by atoms with E-state index >= 15 is 0 Å². The average Bonchev–Trinajstić information content (AvgIpc) is 3.07. The lowest BCUT2D eigenvalue weighted by molar-refractivity contribution is -0.113. The monoisotopic (exact) mass is 488 g/mol. The Morgan fingerprint density at radius 2 is 1.90 bits per heavy atom. The highest BCUT2D eigenvalue weighted by Gasteiger charge is 2.14. The van der Waals surface area contributed by atoms with Gasteiger partial charge >= 0.3 is 0 Å². The summed E-state index contributed by atoms with van der Waals surface area (Å²) < 4.78 is 8.81. The predicted octanol–water partition coefficient (Wildman–Crippen LogP) is 5.12. The van der Waals surface area contributed by atoms with Crippen molar-refractivity contribution >= 4 is 39.3 Å². The van der Waals surface area contributed by atoms with Crippen molar-refractivity contribution in [1.29, 1.82) is 0 Å². The Morgan fingerprint density at radius 3 is 2.67 bits per heavy atom. The highest BCUT2D eigenvalue weighted by atomic mass is 79.9. The van der Waals surface area contributed by atoms with Crippen LogP contribution in [-0.2, 0) is 18.4 Å². The summed E-state index contributed by atoms with van der Waals surface area (Å²) in [4.78, 5) is 12.4. The molecule has 0 aliphatic heterocycles. The van der Waals surface area contributed by atoms with E-state index in [-0.39, 0.29) is 11.7 Å². The van der Waals surface area contributed by atoms with Gasteiger partial charge in [0.15, 0.2) is 11.0 Å². The van der Waals surface area contributed by atoms with Crippen molar-refractivity contribution < 1.29 is 9.53 Å². The number of ether oxygens (including phenoxy) is 1. The number of halogens is 1. The van der Waals surface area contributed by atoms with Crippen LogP contribution in [0.4, 0.5) is 5.69 Å². The number of carbonyl (C=O) groups is 1. The average molecular weight is 489 g/mol. The second kappa shape index (κ2) is 9.66. The third-order valence-corrected chi connectivity index (χ3v) is 6.83. The predicted molar refractivity (Wildman–Crippen MR) is 124 cm³/mol. The van der Waals surface area contributed by atoms with Crippen molar-refractivity contribution in [3.05, 3.63) is 62.9 Å². The molecule has 0 bridgehead atoms. The lowest BCUT2D eigenvalue weighted by Crippen LogP contribution is -2.15. The van der Waals surface area contributed by atoms with Crippen LogP contribution >= 0.6 is 27.7 Å². The topological polar surface area (TPSA) is 69.0 Å². The van der Waals surface area contributed by atoms with Gasteiger partial charge in [-0.1, -0.05) is 39.8 Å². The molecule has 0 saturated heterocycles. The standard InChI is InChI=1S/C22H25BrN4O2S/c1-13-6-7-14(2)19(10-13)29-11-20-25-26-22(27(20)5)30-12-21(28)24-18-9-8-17(23)15(3)16(18)4/h6-10H,11-12H2,1-5H3,(H,24,28). The minimum atomic E-state index is -0.0824.